The number of halogens is 1. The fourth-order valence-corrected chi connectivity index (χ4v) is 4.24. The lowest BCUT2D eigenvalue weighted by Crippen LogP contribution is -2.32. The van der Waals surface area contributed by atoms with Crippen LogP contribution in [0.5, 0.6) is 0 Å². The van der Waals surface area contributed by atoms with E-state index in [1.54, 1.807) is 4.90 Å². The maximum atomic E-state index is 13.2. The highest BCUT2D eigenvalue weighted by Crippen LogP contribution is 2.41. The molecule has 4 aromatic rings. The molecular formula is C25H20FN3O2. The fraction of sp³-hybridized carbons (Fsp3) is 0.120. The second-order valence-electron chi connectivity index (χ2n) is 7.58. The molecule has 3 aromatic carbocycles. The van der Waals surface area contributed by atoms with Crippen molar-refractivity contribution in [2.24, 2.45) is 0 Å². The summed E-state index contributed by atoms with van der Waals surface area (Å²) in [6, 6.07) is 20.9. The number of aromatic amines is 1. The van der Waals surface area contributed by atoms with Gasteiger partial charge in [-0.05, 0) is 42.0 Å². The molecule has 31 heavy (non-hydrogen) atoms. The Kier molecular flexibility index (Phi) is 4.75. The van der Waals surface area contributed by atoms with E-state index in [2.05, 4.69) is 10.3 Å². The number of carbonyl (C=O) groups excluding carboxylic acids is 2. The Morgan fingerprint density at radius 3 is 2.55 bits per heavy atom. The summed E-state index contributed by atoms with van der Waals surface area (Å²) in [4.78, 5) is 30.7. The van der Waals surface area contributed by atoms with Crippen LogP contribution >= 0.6 is 0 Å². The van der Waals surface area contributed by atoms with Crippen LogP contribution < -0.4 is 5.32 Å². The van der Waals surface area contributed by atoms with Gasteiger partial charge in [-0.25, -0.2) is 4.39 Å². The average molecular weight is 413 g/mol. The number of nitrogens with zero attached hydrogens (tertiary/aromatic N) is 1. The lowest BCUT2D eigenvalue weighted by molar-refractivity contribution is -0.116. The molecular weight excluding hydrogens is 393 g/mol. The van der Waals surface area contributed by atoms with Crippen LogP contribution in [0.1, 0.15) is 33.9 Å². The number of hydrogen-bond acceptors (Lipinski definition) is 2. The summed E-state index contributed by atoms with van der Waals surface area (Å²) in [5, 5.41) is 3.81. The molecule has 0 spiro atoms. The third-order valence-corrected chi connectivity index (χ3v) is 5.68. The zero-order chi connectivity index (χ0) is 21.4. The topological polar surface area (TPSA) is 65.2 Å². The Balaban J connectivity index is 1.42. The first kappa shape index (κ1) is 19.1. The van der Waals surface area contributed by atoms with Crippen LogP contribution in [-0.2, 0) is 4.79 Å². The van der Waals surface area contributed by atoms with E-state index < -0.39 is 0 Å². The molecule has 0 bridgehead atoms. The normalized spacial score (nSPS) is 15.3. The molecule has 5 rings (SSSR count). The number of fused-ring (bicyclic) bond motifs is 2. The van der Waals surface area contributed by atoms with Crippen LogP contribution in [0.3, 0.4) is 0 Å². The summed E-state index contributed by atoms with van der Waals surface area (Å²) in [7, 11) is 0. The lowest BCUT2D eigenvalue weighted by atomic mass is 9.97. The zero-order valence-electron chi connectivity index (χ0n) is 16.6. The van der Waals surface area contributed by atoms with Crippen LogP contribution in [0.4, 0.5) is 10.1 Å². The molecule has 0 saturated heterocycles. The third kappa shape index (κ3) is 3.46. The largest absolute Gasteiger partial charge is 0.361 e. The van der Waals surface area contributed by atoms with Crippen molar-refractivity contribution < 1.29 is 14.0 Å². The van der Waals surface area contributed by atoms with Gasteiger partial charge >= 0.3 is 0 Å². The molecule has 1 aromatic heterocycles. The number of aromatic nitrogens is 1. The highest BCUT2D eigenvalue weighted by atomic mass is 19.1. The quantitative estimate of drug-likeness (QED) is 0.490. The zero-order valence-corrected chi connectivity index (χ0v) is 16.6. The number of anilines is 1. The number of amides is 2. The van der Waals surface area contributed by atoms with E-state index in [9.17, 15) is 14.0 Å². The Bertz CT molecular complexity index is 1280. The molecule has 0 saturated carbocycles. The van der Waals surface area contributed by atoms with Crippen molar-refractivity contribution in [3.63, 3.8) is 0 Å². The second kappa shape index (κ2) is 7.72. The molecule has 0 unspecified atom stereocenters. The maximum absolute atomic E-state index is 13.2. The SMILES string of the molecule is O=C(CCN1C(=O)c2ccccc2[C@H]1c1c[nH]c2ccccc12)Nc1ccc(F)cc1. The maximum Gasteiger partial charge on any atom is 0.255 e. The molecule has 1 atom stereocenters. The summed E-state index contributed by atoms with van der Waals surface area (Å²) in [6.07, 6.45) is 2.08. The Morgan fingerprint density at radius 2 is 1.71 bits per heavy atom. The van der Waals surface area contributed by atoms with Crippen molar-refractivity contribution >= 4 is 28.4 Å². The van der Waals surface area contributed by atoms with Gasteiger partial charge < -0.3 is 15.2 Å². The van der Waals surface area contributed by atoms with Crippen molar-refractivity contribution in [3.05, 3.63) is 102 Å². The van der Waals surface area contributed by atoms with Gasteiger partial charge in [0, 0.05) is 46.9 Å². The first-order valence-electron chi connectivity index (χ1n) is 10.1. The summed E-state index contributed by atoms with van der Waals surface area (Å²) >= 11 is 0. The van der Waals surface area contributed by atoms with E-state index in [-0.39, 0.29) is 36.6 Å². The number of nitrogens with one attached hydrogen (secondary N) is 2. The Morgan fingerprint density at radius 1 is 0.968 bits per heavy atom. The van der Waals surface area contributed by atoms with Crippen molar-refractivity contribution in [1.29, 1.82) is 0 Å². The molecule has 1 aliphatic heterocycles. The lowest BCUT2D eigenvalue weighted by Gasteiger charge is -2.25. The average Bonchev–Trinajstić information content (AvgIpc) is 3.33. The van der Waals surface area contributed by atoms with Crippen LogP contribution in [-0.4, -0.2) is 28.2 Å². The van der Waals surface area contributed by atoms with Gasteiger partial charge in [0.15, 0.2) is 0 Å². The van der Waals surface area contributed by atoms with Gasteiger partial charge in [0.25, 0.3) is 5.91 Å². The van der Waals surface area contributed by atoms with Gasteiger partial charge in [-0.3, -0.25) is 9.59 Å². The summed E-state index contributed by atoms with van der Waals surface area (Å²) in [5.74, 6) is -0.673. The molecule has 6 heteroatoms. The van der Waals surface area contributed by atoms with E-state index in [1.807, 2.05) is 54.7 Å². The van der Waals surface area contributed by atoms with E-state index in [0.29, 0.717) is 11.3 Å². The smallest absolute Gasteiger partial charge is 0.255 e. The van der Waals surface area contributed by atoms with E-state index in [4.69, 9.17) is 0 Å². The predicted octanol–water partition coefficient (Wildman–Crippen LogP) is 4.88. The number of hydrogen-bond donors (Lipinski definition) is 2. The number of rotatable bonds is 5. The molecule has 0 radical (unpaired) electrons. The Labute approximate surface area is 178 Å². The van der Waals surface area contributed by atoms with Crippen LogP contribution in [0.2, 0.25) is 0 Å². The minimum Gasteiger partial charge on any atom is -0.361 e. The van der Waals surface area contributed by atoms with Crippen molar-refractivity contribution in [2.45, 2.75) is 12.5 Å². The standard InChI is InChI=1S/C25H20FN3O2/c26-16-9-11-17(12-10-16)28-23(30)13-14-29-24(19-6-1-2-7-20(19)25(29)31)21-15-27-22-8-4-3-5-18(21)22/h1-12,15,24,27H,13-14H2,(H,28,30)/t24-/m0/s1. The van der Waals surface area contributed by atoms with Gasteiger partial charge in [-0.15, -0.1) is 0 Å². The Hall–Kier alpha value is -3.93. The molecule has 2 amide bonds. The van der Waals surface area contributed by atoms with Gasteiger partial charge in [0.2, 0.25) is 5.91 Å². The van der Waals surface area contributed by atoms with E-state index in [0.717, 1.165) is 22.0 Å². The molecule has 5 nitrogen and oxygen atoms in total. The number of carbonyl (C=O) groups is 2. The fourth-order valence-electron chi connectivity index (χ4n) is 4.24. The second-order valence-corrected chi connectivity index (χ2v) is 7.58. The molecule has 1 aliphatic rings. The third-order valence-electron chi connectivity index (χ3n) is 5.68. The van der Waals surface area contributed by atoms with Crippen molar-refractivity contribution in [2.75, 3.05) is 11.9 Å². The molecule has 2 heterocycles. The molecule has 154 valence electrons. The van der Waals surface area contributed by atoms with Gasteiger partial charge in [-0.1, -0.05) is 36.4 Å². The van der Waals surface area contributed by atoms with Gasteiger partial charge in [0.1, 0.15) is 5.82 Å². The van der Waals surface area contributed by atoms with Gasteiger partial charge in [-0.2, -0.15) is 0 Å². The van der Waals surface area contributed by atoms with Crippen LogP contribution in [0.25, 0.3) is 10.9 Å². The van der Waals surface area contributed by atoms with E-state index >= 15 is 0 Å². The van der Waals surface area contributed by atoms with Crippen molar-refractivity contribution in [3.8, 4) is 0 Å². The van der Waals surface area contributed by atoms with Crippen LogP contribution in [0.15, 0.2) is 79.0 Å². The minimum absolute atomic E-state index is 0.0829. The van der Waals surface area contributed by atoms with Gasteiger partial charge in [0.05, 0.1) is 6.04 Å². The van der Waals surface area contributed by atoms with Crippen molar-refractivity contribution in [1.82, 2.24) is 9.88 Å². The first-order valence-corrected chi connectivity index (χ1v) is 10.1. The molecule has 0 fully saturated rings. The first-order chi connectivity index (χ1) is 15.1. The summed E-state index contributed by atoms with van der Waals surface area (Å²) in [6.45, 7) is 0.269. The molecule has 0 aliphatic carbocycles. The monoisotopic (exact) mass is 413 g/mol. The summed E-state index contributed by atoms with van der Waals surface area (Å²) < 4.78 is 13.1. The number of benzene rings is 3. The minimum atomic E-state index is -0.361. The summed E-state index contributed by atoms with van der Waals surface area (Å²) in [5.41, 5.74) is 4.14. The predicted molar refractivity (Wildman–Crippen MR) is 117 cm³/mol. The highest BCUT2D eigenvalue weighted by molar-refractivity contribution is 6.01. The van der Waals surface area contributed by atoms with Crippen LogP contribution in [0, 0.1) is 5.82 Å². The number of H-pyrrole nitrogens is 1. The number of para-hydroxylation sites is 1. The highest BCUT2D eigenvalue weighted by Gasteiger charge is 2.38. The molecule has 2 N–H and O–H groups in total. The van der Waals surface area contributed by atoms with E-state index in [1.165, 1.54) is 24.3 Å².